The molecule has 11 nitrogen and oxygen atoms in total. The maximum atomic E-state index is 13.0. The van der Waals surface area contributed by atoms with Gasteiger partial charge in [0.2, 0.25) is 0 Å². The number of aromatic nitrogens is 3. The van der Waals surface area contributed by atoms with Crippen LogP contribution in [0.15, 0.2) is 42.7 Å². The lowest BCUT2D eigenvalue weighted by Crippen LogP contribution is -2.36. The highest BCUT2D eigenvalue weighted by atomic mass is 16.5. The monoisotopic (exact) mass is 582 g/mol. The number of morpholine rings is 1. The lowest BCUT2D eigenvalue weighted by Gasteiger charge is -2.30. The van der Waals surface area contributed by atoms with Gasteiger partial charge in [0.1, 0.15) is 17.5 Å². The summed E-state index contributed by atoms with van der Waals surface area (Å²) in [5.74, 6) is 1.49. The Morgan fingerprint density at radius 2 is 1.86 bits per heavy atom. The number of piperidine rings is 1. The van der Waals surface area contributed by atoms with Gasteiger partial charge < -0.3 is 30.0 Å². The molecule has 43 heavy (non-hydrogen) atoms. The standard InChI is InChI=1S/C32H38N8O3/c1-4-43-32(41)26-18-25(23-5-6-27(36-20-23)39-11-8-22(19-33)9-12-39)29(30(34)21(2)3)31(38-26)37-24-7-10-35-28(17-24)40-13-15-42-16-14-40/h5-7,10,17-18,20-22,34H,4,8-9,11-16H2,1-3H3,(H,35,37,38). The molecule has 0 bridgehead atoms. The van der Waals surface area contributed by atoms with Crippen molar-refractivity contribution in [2.75, 3.05) is 61.1 Å². The third-order valence-electron chi connectivity index (χ3n) is 7.75. The van der Waals surface area contributed by atoms with Gasteiger partial charge in [-0.05, 0) is 55.5 Å². The van der Waals surface area contributed by atoms with Crippen LogP contribution in [0.1, 0.15) is 49.7 Å². The smallest absolute Gasteiger partial charge is 0.357 e. The van der Waals surface area contributed by atoms with Crippen LogP contribution in [-0.4, -0.2) is 72.6 Å². The van der Waals surface area contributed by atoms with Gasteiger partial charge in [-0.2, -0.15) is 5.26 Å². The molecule has 3 aromatic rings. The van der Waals surface area contributed by atoms with Gasteiger partial charge in [-0.1, -0.05) is 13.8 Å². The first-order valence-electron chi connectivity index (χ1n) is 14.9. The van der Waals surface area contributed by atoms with Crippen molar-refractivity contribution in [2.45, 2.75) is 33.6 Å². The van der Waals surface area contributed by atoms with Crippen LogP contribution >= 0.6 is 0 Å². The van der Waals surface area contributed by atoms with Crippen LogP contribution in [0.3, 0.4) is 0 Å². The van der Waals surface area contributed by atoms with Crippen LogP contribution in [0.5, 0.6) is 0 Å². The molecule has 0 amide bonds. The number of anilines is 4. The van der Waals surface area contributed by atoms with Crippen molar-refractivity contribution >= 4 is 34.8 Å². The molecule has 5 heterocycles. The number of pyridine rings is 3. The van der Waals surface area contributed by atoms with Crippen molar-refractivity contribution < 1.29 is 14.3 Å². The van der Waals surface area contributed by atoms with E-state index in [0.717, 1.165) is 61.9 Å². The Kier molecular flexibility index (Phi) is 9.47. The van der Waals surface area contributed by atoms with Gasteiger partial charge in [0.15, 0.2) is 5.69 Å². The highest BCUT2D eigenvalue weighted by Crippen LogP contribution is 2.34. The molecule has 0 aromatic carbocycles. The molecule has 2 fully saturated rings. The molecule has 11 heteroatoms. The van der Waals surface area contributed by atoms with E-state index in [2.05, 4.69) is 31.2 Å². The predicted molar refractivity (Wildman–Crippen MR) is 166 cm³/mol. The zero-order chi connectivity index (χ0) is 30.3. The second kappa shape index (κ2) is 13.6. The number of hydrogen-bond acceptors (Lipinski definition) is 11. The first-order valence-corrected chi connectivity index (χ1v) is 14.9. The van der Waals surface area contributed by atoms with E-state index < -0.39 is 5.97 Å². The predicted octanol–water partition coefficient (Wildman–Crippen LogP) is 5.06. The maximum Gasteiger partial charge on any atom is 0.357 e. The van der Waals surface area contributed by atoms with Gasteiger partial charge in [0.25, 0.3) is 0 Å². The second-order valence-electron chi connectivity index (χ2n) is 11.0. The molecule has 2 saturated heterocycles. The van der Waals surface area contributed by atoms with E-state index in [-0.39, 0.29) is 24.1 Å². The summed E-state index contributed by atoms with van der Waals surface area (Å²) < 4.78 is 10.8. The first-order chi connectivity index (χ1) is 20.9. The molecule has 224 valence electrons. The minimum atomic E-state index is -0.539. The average molecular weight is 583 g/mol. The Balaban J connectivity index is 1.55. The third kappa shape index (κ3) is 6.92. The Hall–Kier alpha value is -4.56. The van der Waals surface area contributed by atoms with E-state index >= 15 is 0 Å². The molecule has 0 spiro atoms. The molecule has 5 rings (SSSR count). The van der Waals surface area contributed by atoms with Crippen molar-refractivity contribution in [1.29, 1.82) is 10.7 Å². The van der Waals surface area contributed by atoms with E-state index in [1.807, 2.05) is 38.1 Å². The molecule has 0 atom stereocenters. The Labute approximate surface area is 252 Å². The highest BCUT2D eigenvalue weighted by molar-refractivity contribution is 6.10. The zero-order valence-corrected chi connectivity index (χ0v) is 25.0. The molecule has 0 unspecified atom stereocenters. The number of nitrogens with zero attached hydrogens (tertiary/aromatic N) is 6. The molecule has 2 aliphatic heterocycles. The molecule has 2 aliphatic rings. The topological polar surface area (TPSA) is 140 Å². The molecule has 2 N–H and O–H groups in total. The third-order valence-corrected chi connectivity index (χ3v) is 7.75. The number of esters is 1. The Bertz CT molecular complexity index is 1490. The fourth-order valence-electron chi connectivity index (χ4n) is 5.30. The number of carbonyl (C=O) groups is 1. The SMILES string of the molecule is CCOC(=O)c1cc(-c2ccc(N3CCC(C#N)CC3)nc2)c(C(=N)C(C)C)c(Nc2ccnc(N3CCOCC3)c2)n1. The molecule has 0 aliphatic carbocycles. The van der Waals surface area contributed by atoms with Crippen LogP contribution in [0, 0.1) is 28.6 Å². The van der Waals surface area contributed by atoms with Gasteiger partial charge in [0, 0.05) is 73.1 Å². The molecular weight excluding hydrogens is 544 g/mol. The van der Waals surface area contributed by atoms with Gasteiger partial charge in [0.05, 0.1) is 25.9 Å². The van der Waals surface area contributed by atoms with E-state index in [1.165, 1.54) is 0 Å². The lowest BCUT2D eigenvalue weighted by molar-refractivity contribution is 0.0519. The number of nitriles is 1. The first kappa shape index (κ1) is 29.9. The summed E-state index contributed by atoms with van der Waals surface area (Å²) in [5, 5.41) is 21.7. The average Bonchev–Trinajstić information content (AvgIpc) is 3.05. The van der Waals surface area contributed by atoms with Gasteiger partial charge >= 0.3 is 5.97 Å². The van der Waals surface area contributed by atoms with Crippen LogP contribution in [-0.2, 0) is 9.47 Å². The van der Waals surface area contributed by atoms with E-state index in [1.54, 1.807) is 25.4 Å². The molecular formula is C32H38N8O3. The number of nitrogens with one attached hydrogen (secondary N) is 2. The van der Waals surface area contributed by atoms with Crippen molar-refractivity contribution in [3.63, 3.8) is 0 Å². The number of rotatable bonds is 9. The maximum absolute atomic E-state index is 13.0. The summed E-state index contributed by atoms with van der Waals surface area (Å²) in [7, 11) is 0. The van der Waals surface area contributed by atoms with Gasteiger partial charge in [-0.3, -0.25) is 0 Å². The number of carbonyl (C=O) groups excluding carboxylic acids is 1. The Morgan fingerprint density at radius 1 is 1.12 bits per heavy atom. The van der Waals surface area contributed by atoms with Crippen molar-refractivity contribution in [1.82, 2.24) is 15.0 Å². The van der Waals surface area contributed by atoms with Crippen LogP contribution in [0.25, 0.3) is 11.1 Å². The summed E-state index contributed by atoms with van der Waals surface area (Å²) in [6, 6.07) is 11.8. The van der Waals surface area contributed by atoms with Crippen molar-refractivity contribution in [3.8, 4) is 17.2 Å². The minimum absolute atomic E-state index is 0.0921. The summed E-state index contributed by atoms with van der Waals surface area (Å²) in [6.45, 7) is 10.2. The van der Waals surface area contributed by atoms with Crippen molar-refractivity contribution in [3.05, 3.63) is 54.0 Å². The molecule has 0 saturated carbocycles. The minimum Gasteiger partial charge on any atom is -0.461 e. The summed E-state index contributed by atoms with van der Waals surface area (Å²) in [6.07, 6.45) is 5.15. The summed E-state index contributed by atoms with van der Waals surface area (Å²) in [5.41, 5.74) is 3.29. The van der Waals surface area contributed by atoms with Crippen molar-refractivity contribution in [2.24, 2.45) is 11.8 Å². The zero-order valence-electron chi connectivity index (χ0n) is 25.0. The number of ether oxygens (including phenoxy) is 2. The molecule has 3 aromatic heterocycles. The highest BCUT2D eigenvalue weighted by Gasteiger charge is 2.25. The summed E-state index contributed by atoms with van der Waals surface area (Å²) in [4.78, 5) is 31.3. The fourth-order valence-corrected chi connectivity index (χ4v) is 5.30. The van der Waals surface area contributed by atoms with E-state index in [9.17, 15) is 10.1 Å². The van der Waals surface area contributed by atoms with Crippen LogP contribution in [0.4, 0.5) is 23.1 Å². The summed E-state index contributed by atoms with van der Waals surface area (Å²) >= 11 is 0. The van der Waals surface area contributed by atoms with Crippen LogP contribution < -0.4 is 15.1 Å². The second-order valence-corrected chi connectivity index (χ2v) is 11.0. The van der Waals surface area contributed by atoms with Crippen LogP contribution in [0.2, 0.25) is 0 Å². The van der Waals surface area contributed by atoms with Gasteiger partial charge in [-0.25, -0.2) is 19.7 Å². The number of hydrogen-bond donors (Lipinski definition) is 2. The van der Waals surface area contributed by atoms with E-state index in [0.29, 0.717) is 35.9 Å². The van der Waals surface area contributed by atoms with Gasteiger partial charge in [-0.15, -0.1) is 0 Å². The van der Waals surface area contributed by atoms with E-state index in [4.69, 9.17) is 19.9 Å². The Morgan fingerprint density at radius 3 is 2.51 bits per heavy atom. The quantitative estimate of drug-likeness (QED) is 0.260. The largest absolute Gasteiger partial charge is 0.461 e. The normalized spacial score (nSPS) is 15.7. The lowest BCUT2D eigenvalue weighted by atomic mass is 9.92. The molecule has 0 radical (unpaired) electrons. The fraction of sp³-hybridized carbons (Fsp3) is 0.438.